The van der Waals surface area contributed by atoms with Crippen molar-refractivity contribution in [1.82, 2.24) is 5.32 Å². The third-order valence-electron chi connectivity index (χ3n) is 1.48. The molecule has 0 spiro atoms. The number of hydrogen-bond donors (Lipinski definition) is 2. The van der Waals surface area contributed by atoms with Gasteiger partial charge in [-0.1, -0.05) is 0 Å². The Morgan fingerprint density at radius 2 is 2.62 bits per heavy atom. The number of rotatable bonds is 0. The highest BCUT2D eigenvalue weighted by molar-refractivity contribution is 5.03. The van der Waals surface area contributed by atoms with E-state index in [2.05, 4.69) is 12.2 Å². The summed E-state index contributed by atoms with van der Waals surface area (Å²) >= 11 is 0. The molecule has 1 heterocycles. The average molecular weight is 112 g/mol. The standard InChI is InChI=1S/C6H12N2/c1-5-2-3-6(4-7)8-5/h4-5,8H,2-3,7H2,1H3/b6-4-. The second-order valence-corrected chi connectivity index (χ2v) is 2.28. The van der Waals surface area contributed by atoms with Crippen molar-refractivity contribution in [2.75, 3.05) is 0 Å². The van der Waals surface area contributed by atoms with Gasteiger partial charge in [-0.2, -0.15) is 0 Å². The molecule has 0 radical (unpaired) electrons. The van der Waals surface area contributed by atoms with Crippen molar-refractivity contribution in [1.29, 1.82) is 0 Å². The highest BCUT2D eigenvalue weighted by atomic mass is 15.0. The topological polar surface area (TPSA) is 38.0 Å². The Bertz CT molecular complexity index is 107. The Balaban J connectivity index is 2.44. The van der Waals surface area contributed by atoms with Crippen molar-refractivity contribution in [3.63, 3.8) is 0 Å². The molecule has 2 heteroatoms. The molecule has 0 saturated carbocycles. The third kappa shape index (κ3) is 0.941. The minimum Gasteiger partial charge on any atom is -0.403 e. The van der Waals surface area contributed by atoms with E-state index in [1.807, 2.05) is 0 Å². The molecule has 0 aliphatic carbocycles. The van der Waals surface area contributed by atoms with Crippen LogP contribution in [0.1, 0.15) is 19.8 Å². The van der Waals surface area contributed by atoms with E-state index >= 15 is 0 Å². The summed E-state index contributed by atoms with van der Waals surface area (Å²) in [5.41, 5.74) is 6.46. The van der Waals surface area contributed by atoms with E-state index in [0.717, 1.165) is 6.42 Å². The summed E-state index contributed by atoms with van der Waals surface area (Å²) in [5.74, 6) is 0. The molecule has 1 atom stereocenters. The van der Waals surface area contributed by atoms with Gasteiger partial charge in [0.15, 0.2) is 0 Å². The smallest absolute Gasteiger partial charge is 0.0267 e. The van der Waals surface area contributed by atoms with Gasteiger partial charge in [0.05, 0.1) is 0 Å². The number of hydrogen-bond acceptors (Lipinski definition) is 2. The normalized spacial score (nSPS) is 33.1. The van der Waals surface area contributed by atoms with Gasteiger partial charge in [-0.15, -0.1) is 0 Å². The molecule has 1 saturated heterocycles. The van der Waals surface area contributed by atoms with Gasteiger partial charge >= 0.3 is 0 Å². The molecule has 2 nitrogen and oxygen atoms in total. The van der Waals surface area contributed by atoms with Crippen molar-refractivity contribution >= 4 is 0 Å². The lowest BCUT2D eigenvalue weighted by Crippen LogP contribution is -2.15. The number of nitrogens with one attached hydrogen (secondary N) is 1. The lowest BCUT2D eigenvalue weighted by Gasteiger charge is -2.00. The van der Waals surface area contributed by atoms with Gasteiger partial charge in [-0.25, -0.2) is 0 Å². The van der Waals surface area contributed by atoms with Crippen LogP contribution in [-0.4, -0.2) is 6.04 Å². The predicted octanol–water partition coefficient (Wildman–Crippen LogP) is 0.558. The van der Waals surface area contributed by atoms with Crippen LogP contribution in [0.4, 0.5) is 0 Å². The first kappa shape index (κ1) is 5.48. The molecule has 0 aromatic rings. The van der Waals surface area contributed by atoms with Crippen LogP contribution in [0.5, 0.6) is 0 Å². The van der Waals surface area contributed by atoms with E-state index in [9.17, 15) is 0 Å². The number of nitrogens with two attached hydrogens (primary N) is 1. The summed E-state index contributed by atoms with van der Waals surface area (Å²) < 4.78 is 0. The largest absolute Gasteiger partial charge is 0.403 e. The summed E-state index contributed by atoms with van der Waals surface area (Å²) in [6, 6.07) is 0.629. The molecule has 8 heavy (non-hydrogen) atoms. The van der Waals surface area contributed by atoms with Crippen LogP contribution in [0.15, 0.2) is 11.9 Å². The lowest BCUT2D eigenvalue weighted by molar-refractivity contribution is 0.680. The van der Waals surface area contributed by atoms with E-state index in [4.69, 9.17) is 5.73 Å². The van der Waals surface area contributed by atoms with E-state index in [0.29, 0.717) is 6.04 Å². The van der Waals surface area contributed by atoms with Crippen molar-refractivity contribution < 1.29 is 0 Å². The summed E-state index contributed by atoms with van der Waals surface area (Å²) in [5, 5.41) is 3.24. The van der Waals surface area contributed by atoms with Crippen LogP contribution >= 0.6 is 0 Å². The molecule has 46 valence electrons. The van der Waals surface area contributed by atoms with Crippen molar-refractivity contribution in [2.24, 2.45) is 5.73 Å². The van der Waals surface area contributed by atoms with E-state index in [1.165, 1.54) is 12.1 Å². The first-order chi connectivity index (χ1) is 3.83. The van der Waals surface area contributed by atoms with E-state index in [1.54, 1.807) is 6.20 Å². The Labute approximate surface area is 49.8 Å². The Morgan fingerprint density at radius 1 is 1.88 bits per heavy atom. The quantitative estimate of drug-likeness (QED) is 0.480. The zero-order valence-corrected chi connectivity index (χ0v) is 5.15. The second kappa shape index (κ2) is 2.07. The van der Waals surface area contributed by atoms with Gasteiger partial charge in [0, 0.05) is 17.9 Å². The summed E-state index contributed by atoms with van der Waals surface area (Å²) in [7, 11) is 0. The maximum Gasteiger partial charge on any atom is 0.0267 e. The highest BCUT2D eigenvalue weighted by Gasteiger charge is 2.11. The molecule has 0 bridgehead atoms. The minimum atomic E-state index is 0.629. The zero-order chi connectivity index (χ0) is 5.98. The van der Waals surface area contributed by atoms with E-state index in [-0.39, 0.29) is 0 Å². The molecule has 0 aromatic heterocycles. The molecule has 1 aliphatic rings. The van der Waals surface area contributed by atoms with Crippen molar-refractivity contribution in [3.05, 3.63) is 11.9 Å². The Morgan fingerprint density at radius 3 is 2.88 bits per heavy atom. The van der Waals surface area contributed by atoms with Crippen LogP contribution in [-0.2, 0) is 0 Å². The average Bonchev–Trinajstić information content (AvgIpc) is 2.14. The molecule has 1 rings (SSSR count). The maximum absolute atomic E-state index is 5.27. The van der Waals surface area contributed by atoms with Crippen LogP contribution in [0.3, 0.4) is 0 Å². The molecule has 1 fully saturated rings. The monoisotopic (exact) mass is 112 g/mol. The fourth-order valence-corrected chi connectivity index (χ4v) is 0.964. The van der Waals surface area contributed by atoms with Crippen LogP contribution in [0.25, 0.3) is 0 Å². The van der Waals surface area contributed by atoms with Crippen molar-refractivity contribution in [2.45, 2.75) is 25.8 Å². The fraction of sp³-hybridized carbons (Fsp3) is 0.667. The highest BCUT2D eigenvalue weighted by Crippen LogP contribution is 2.12. The van der Waals surface area contributed by atoms with Gasteiger partial charge in [0.2, 0.25) is 0 Å². The first-order valence-electron chi connectivity index (χ1n) is 3.00. The molecule has 0 amide bonds. The van der Waals surface area contributed by atoms with Crippen molar-refractivity contribution in [3.8, 4) is 0 Å². The molecular formula is C6H12N2. The molecule has 3 N–H and O–H groups in total. The Hall–Kier alpha value is -0.660. The summed E-state index contributed by atoms with van der Waals surface area (Å²) in [4.78, 5) is 0. The number of allylic oxidation sites excluding steroid dienone is 1. The van der Waals surface area contributed by atoms with Crippen LogP contribution in [0.2, 0.25) is 0 Å². The SMILES string of the molecule is CC1CC/C(=C/N)N1. The zero-order valence-electron chi connectivity index (χ0n) is 5.15. The summed E-state index contributed by atoms with van der Waals surface area (Å²) in [6.07, 6.45) is 4.00. The van der Waals surface area contributed by atoms with E-state index < -0.39 is 0 Å². The predicted molar refractivity (Wildman–Crippen MR) is 34.1 cm³/mol. The molecule has 1 unspecified atom stereocenters. The van der Waals surface area contributed by atoms with Gasteiger partial charge in [-0.05, 0) is 19.8 Å². The van der Waals surface area contributed by atoms with Gasteiger partial charge in [0.1, 0.15) is 0 Å². The van der Waals surface area contributed by atoms with Crippen LogP contribution in [0, 0.1) is 0 Å². The third-order valence-corrected chi connectivity index (χ3v) is 1.48. The van der Waals surface area contributed by atoms with Crippen LogP contribution < -0.4 is 11.1 Å². The minimum absolute atomic E-state index is 0.629. The fourth-order valence-electron chi connectivity index (χ4n) is 0.964. The molecule has 0 aromatic carbocycles. The lowest BCUT2D eigenvalue weighted by atomic mass is 10.2. The Kier molecular flexibility index (Phi) is 1.42. The second-order valence-electron chi connectivity index (χ2n) is 2.28. The maximum atomic E-state index is 5.27. The summed E-state index contributed by atoms with van der Waals surface area (Å²) in [6.45, 7) is 2.16. The van der Waals surface area contributed by atoms with Gasteiger partial charge < -0.3 is 11.1 Å². The van der Waals surface area contributed by atoms with Gasteiger partial charge in [0.25, 0.3) is 0 Å². The molecular weight excluding hydrogens is 100 g/mol. The first-order valence-corrected chi connectivity index (χ1v) is 3.00. The van der Waals surface area contributed by atoms with Gasteiger partial charge in [-0.3, -0.25) is 0 Å². The molecule has 1 aliphatic heterocycles.